The van der Waals surface area contributed by atoms with Crippen LogP contribution < -0.4 is 20.5 Å². The van der Waals surface area contributed by atoms with Gasteiger partial charge >= 0.3 is 0 Å². The maximum atomic E-state index is 5.81. The zero-order valence-corrected chi connectivity index (χ0v) is 14.8. The molecule has 0 amide bonds. The summed E-state index contributed by atoms with van der Waals surface area (Å²) in [4.78, 5) is 8.53. The number of aromatic nitrogens is 4. The van der Waals surface area contributed by atoms with Crippen LogP contribution in [0.3, 0.4) is 0 Å². The number of anilines is 2. The fourth-order valence-electron chi connectivity index (χ4n) is 2.68. The molecule has 1 aromatic carbocycles. The third-order valence-electron chi connectivity index (χ3n) is 3.70. The van der Waals surface area contributed by atoms with E-state index < -0.39 is 0 Å². The van der Waals surface area contributed by atoms with E-state index in [1.165, 1.54) is 0 Å². The second-order valence-electron chi connectivity index (χ2n) is 5.93. The lowest BCUT2D eigenvalue weighted by molar-refractivity contribution is 0.382. The van der Waals surface area contributed by atoms with E-state index in [9.17, 15) is 0 Å². The first-order valence-corrected chi connectivity index (χ1v) is 7.99. The Kier molecular flexibility index (Phi) is 4.60. The standard InChI is InChI=1S/C17H22N6O2/c1-10(2)19-16-15-12(20-17(18)21-16)9-23(22-15)8-11-13(24-3)6-5-7-14(11)25-4/h5-7,9-10H,8H2,1-4H3,(H3,18,19,20,21). The van der Waals surface area contributed by atoms with Crippen LogP contribution in [0, 0.1) is 0 Å². The van der Waals surface area contributed by atoms with E-state index in [0.717, 1.165) is 17.1 Å². The molecule has 3 rings (SSSR count). The summed E-state index contributed by atoms with van der Waals surface area (Å²) in [6.45, 7) is 4.53. The van der Waals surface area contributed by atoms with Gasteiger partial charge < -0.3 is 20.5 Å². The smallest absolute Gasteiger partial charge is 0.222 e. The number of nitrogen functional groups attached to an aromatic ring is 1. The lowest BCUT2D eigenvalue weighted by atomic mass is 10.1. The van der Waals surface area contributed by atoms with Crippen LogP contribution in [0.5, 0.6) is 11.5 Å². The third kappa shape index (κ3) is 3.42. The lowest BCUT2D eigenvalue weighted by Crippen LogP contribution is -2.13. The van der Waals surface area contributed by atoms with Gasteiger partial charge in [0.05, 0.1) is 32.5 Å². The van der Waals surface area contributed by atoms with Crippen molar-refractivity contribution in [3.05, 3.63) is 30.0 Å². The summed E-state index contributed by atoms with van der Waals surface area (Å²) >= 11 is 0. The number of methoxy groups -OCH3 is 2. The molecule has 2 heterocycles. The van der Waals surface area contributed by atoms with Gasteiger partial charge in [-0.1, -0.05) is 6.07 Å². The van der Waals surface area contributed by atoms with Gasteiger partial charge in [-0.3, -0.25) is 4.68 Å². The molecule has 0 radical (unpaired) electrons. The van der Waals surface area contributed by atoms with Gasteiger partial charge in [0.15, 0.2) is 11.3 Å². The molecule has 0 aliphatic heterocycles. The van der Waals surface area contributed by atoms with Gasteiger partial charge in [0, 0.05) is 6.04 Å². The third-order valence-corrected chi connectivity index (χ3v) is 3.70. The summed E-state index contributed by atoms with van der Waals surface area (Å²) in [6.07, 6.45) is 1.84. The molecule has 0 bridgehead atoms. The Morgan fingerprint density at radius 3 is 2.44 bits per heavy atom. The zero-order valence-electron chi connectivity index (χ0n) is 14.8. The van der Waals surface area contributed by atoms with Crippen molar-refractivity contribution in [1.82, 2.24) is 19.7 Å². The zero-order chi connectivity index (χ0) is 18.0. The number of nitrogens with one attached hydrogen (secondary N) is 1. The summed E-state index contributed by atoms with van der Waals surface area (Å²) in [7, 11) is 3.27. The Morgan fingerprint density at radius 2 is 1.84 bits per heavy atom. The average molecular weight is 342 g/mol. The minimum absolute atomic E-state index is 0.206. The molecular weight excluding hydrogens is 320 g/mol. The number of fused-ring (bicyclic) bond motifs is 1. The first kappa shape index (κ1) is 16.8. The molecule has 8 nitrogen and oxygen atoms in total. The highest BCUT2D eigenvalue weighted by Crippen LogP contribution is 2.29. The van der Waals surface area contributed by atoms with Gasteiger partial charge in [-0.25, -0.2) is 4.98 Å². The van der Waals surface area contributed by atoms with Crippen molar-refractivity contribution in [3.63, 3.8) is 0 Å². The van der Waals surface area contributed by atoms with E-state index >= 15 is 0 Å². The second kappa shape index (κ2) is 6.84. The molecule has 0 atom stereocenters. The number of nitrogens with zero attached hydrogens (tertiary/aromatic N) is 4. The molecule has 0 unspecified atom stereocenters. The monoisotopic (exact) mass is 342 g/mol. The minimum atomic E-state index is 0.206. The molecule has 25 heavy (non-hydrogen) atoms. The fourth-order valence-corrected chi connectivity index (χ4v) is 2.68. The number of benzene rings is 1. The molecule has 0 spiro atoms. The Balaban J connectivity index is 2.04. The largest absolute Gasteiger partial charge is 0.496 e. The van der Waals surface area contributed by atoms with Crippen LogP contribution in [0.2, 0.25) is 0 Å². The summed E-state index contributed by atoms with van der Waals surface area (Å²) in [5.41, 5.74) is 8.08. The van der Waals surface area contributed by atoms with Crippen molar-refractivity contribution < 1.29 is 9.47 Å². The summed E-state index contributed by atoms with van der Waals surface area (Å²) in [5.74, 6) is 2.32. The van der Waals surface area contributed by atoms with Crippen LogP contribution in [0.15, 0.2) is 24.4 Å². The van der Waals surface area contributed by atoms with Crippen LogP contribution in [-0.4, -0.2) is 40.0 Å². The van der Waals surface area contributed by atoms with Gasteiger partial charge in [0.2, 0.25) is 5.95 Å². The van der Waals surface area contributed by atoms with Crippen LogP contribution in [0.4, 0.5) is 11.8 Å². The highest BCUT2D eigenvalue weighted by Gasteiger charge is 2.15. The van der Waals surface area contributed by atoms with E-state index in [0.29, 0.717) is 23.4 Å². The molecule has 132 valence electrons. The Hall–Kier alpha value is -3.03. The predicted molar refractivity (Wildman–Crippen MR) is 97.1 cm³/mol. The maximum Gasteiger partial charge on any atom is 0.222 e. The highest BCUT2D eigenvalue weighted by molar-refractivity contribution is 5.85. The number of hydrogen-bond acceptors (Lipinski definition) is 7. The first-order valence-electron chi connectivity index (χ1n) is 7.99. The quantitative estimate of drug-likeness (QED) is 0.709. The Labute approximate surface area is 146 Å². The molecule has 0 saturated heterocycles. The van der Waals surface area contributed by atoms with E-state index in [2.05, 4.69) is 20.4 Å². The van der Waals surface area contributed by atoms with E-state index in [1.54, 1.807) is 18.9 Å². The molecule has 0 fully saturated rings. The van der Waals surface area contributed by atoms with Gasteiger partial charge in [-0.2, -0.15) is 10.1 Å². The first-order chi connectivity index (χ1) is 12.0. The maximum absolute atomic E-state index is 5.81. The van der Waals surface area contributed by atoms with E-state index in [-0.39, 0.29) is 12.0 Å². The molecule has 8 heteroatoms. The van der Waals surface area contributed by atoms with Crippen LogP contribution in [-0.2, 0) is 6.54 Å². The number of rotatable bonds is 6. The topological polar surface area (TPSA) is 100 Å². The molecule has 0 aliphatic carbocycles. The van der Waals surface area contributed by atoms with Crippen LogP contribution in [0.25, 0.3) is 11.0 Å². The summed E-state index contributed by atoms with van der Waals surface area (Å²) < 4.78 is 12.7. The molecule has 2 aromatic heterocycles. The highest BCUT2D eigenvalue weighted by atomic mass is 16.5. The van der Waals surface area contributed by atoms with Gasteiger partial charge in [0.1, 0.15) is 17.0 Å². The van der Waals surface area contributed by atoms with Crippen molar-refractivity contribution >= 4 is 22.8 Å². The van der Waals surface area contributed by atoms with Crippen molar-refractivity contribution in [2.75, 3.05) is 25.3 Å². The van der Waals surface area contributed by atoms with Crippen LogP contribution >= 0.6 is 0 Å². The minimum Gasteiger partial charge on any atom is -0.496 e. The lowest BCUT2D eigenvalue weighted by Gasteiger charge is -2.12. The van der Waals surface area contributed by atoms with E-state index in [1.807, 2.05) is 38.2 Å². The summed E-state index contributed by atoms with van der Waals surface area (Å²) in [6, 6.07) is 5.88. The molecular formula is C17H22N6O2. The molecule has 3 aromatic rings. The molecule has 0 saturated carbocycles. The van der Waals surface area contributed by atoms with Crippen molar-refractivity contribution in [2.45, 2.75) is 26.4 Å². The molecule has 0 aliphatic rings. The number of ether oxygens (including phenoxy) is 2. The van der Waals surface area contributed by atoms with Gasteiger partial charge in [-0.15, -0.1) is 0 Å². The summed E-state index contributed by atoms with van der Waals surface area (Å²) in [5, 5.41) is 7.87. The Morgan fingerprint density at radius 1 is 1.16 bits per heavy atom. The van der Waals surface area contributed by atoms with E-state index in [4.69, 9.17) is 15.2 Å². The SMILES string of the molecule is COc1cccc(OC)c1Cn1cc2nc(N)nc(NC(C)C)c2n1. The van der Waals surface area contributed by atoms with Crippen molar-refractivity contribution in [1.29, 1.82) is 0 Å². The van der Waals surface area contributed by atoms with Crippen LogP contribution in [0.1, 0.15) is 19.4 Å². The second-order valence-corrected chi connectivity index (χ2v) is 5.93. The number of nitrogens with two attached hydrogens (primary N) is 1. The molecule has 3 N–H and O–H groups in total. The van der Waals surface area contributed by atoms with Gasteiger partial charge in [0.25, 0.3) is 0 Å². The normalized spacial score (nSPS) is 11.1. The fraction of sp³-hybridized carbons (Fsp3) is 0.353. The van der Waals surface area contributed by atoms with Crippen molar-refractivity contribution in [2.24, 2.45) is 0 Å². The average Bonchev–Trinajstić information content (AvgIpc) is 2.97. The number of hydrogen-bond donors (Lipinski definition) is 2. The predicted octanol–water partition coefficient (Wildman–Crippen LogP) is 2.29. The Bertz CT molecular complexity index is 868. The van der Waals surface area contributed by atoms with Crippen molar-refractivity contribution in [3.8, 4) is 11.5 Å². The van der Waals surface area contributed by atoms with Gasteiger partial charge in [-0.05, 0) is 26.0 Å².